The van der Waals surface area contributed by atoms with Crippen LogP contribution in [0.2, 0.25) is 0 Å². The first-order chi connectivity index (χ1) is 5.70. The van der Waals surface area contributed by atoms with Crippen LogP contribution in [0.5, 0.6) is 0 Å². The lowest BCUT2D eigenvalue weighted by molar-refractivity contribution is 0.177. The number of nitrogen functional groups attached to an aromatic ring is 1. The van der Waals surface area contributed by atoms with Crippen LogP contribution in [0.25, 0.3) is 0 Å². The lowest BCUT2D eigenvalue weighted by Gasteiger charge is -2.01. The van der Waals surface area contributed by atoms with Crippen LogP contribution in [-0.2, 0) is 0 Å². The highest BCUT2D eigenvalue weighted by Gasteiger charge is 2.06. The Morgan fingerprint density at radius 1 is 1.58 bits per heavy atom. The standard InChI is InChI=1S/C7H8F2N2S/c8-6(9)4-12-7-5(10)2-1-3-11-7/h1-3,6H,4,10H2. The predicted octanol–water partition coefficient (Wildman–Crippen LogP) is 2.02. The minimum absolute atomic E-state index is 0.263. The van der Waals surface area contributed by atoms with E-state index in [0.717, 1.165) is 11.8 Å². The third-order valence-corrected chi connectivity index (χ3v) is 2.18. The third kappa shape index (κ3) is 2.65. The number of alkyl halides is 2. The second kappa shape index (κ2) is 4.25. The van der Waals surface area contributed by atoms with Crippen molar-refractivity contribution in [3.05, 3.63) is 18.3 Å². The fourth-order valence-electron chi connectivity index (χ4n) is 0.666. The number of pyridine rings is 1. The normalized spacial score (nSPS) is 10.6. The van der Waals surface area contributed by atoms with Gasteiger partial charge in [0.15, 0.2) is 0 Å². The summed E-state index contributed by atoms with van der Waals surface area (Å²) in [6, 6.07) is 3.31. The average Bonchev–Trinajstić information content (AvgIpc) is 2.03. The Balaban J connectivity index is 2.57. The van der Waals surface area contributed by atoms with Crippen molar-refractivity contribution >= 4 is 17.4 Å². The van der Waals surface area contributed by atoms with Crippen LogP contribution in [0.4, 0.5) is 14.5 Å². The molecule has 0 aromatic carbocycles. The van der Waals surface area contributed by atoms with Gasteiger partial charge in [0.25, 0.3) is 0 Å². The minimum atomic E-state index is -2.32. The van der Waals surface area contributed by atoms with Crippen molar-refractivity contribution in [1.82, 2.24) is 4.98 Å². The van der Waals surface area contributed by atoms with Crippen LogP contribution in [0.1, 0.15) is 0 Å². The number of hydrogen-bond donors (Lipinski definition) is 1. The van der Waals surface area contributed by atoms with Crippen LogP contribution >= 0.6 is 11.8 Å². The molecule has 12 heavy (non-hydrogen) atoms. The van der Waals surface area contributed by atoms with Crippen molar-refractivity contribution < 1.29 is 8.78 Å². The Morgan fingerprint density at radius 3 is 2.92 bits per heavy atom. The number of hydrogen-bond acceptors (Lipinski definition) is 3. The molecule has 5 heteroatoms. The van der Waals surface area contributed by atoms with E-state index >= 15 is 0 Å². The van der Waals surface area contributed by atoms with Crippen molar-refractivity contribution in [2.24, 2.45) is 0 Å². The van der Waals surface area contributed by atoms with Crippen LogP contribution in [0.15, 0.2) is 23.4 Å². The summed E-state index contributed by atoms with van der Waals surface area (Å²) >= 11 is 0.969. The van der Waals surface area contributed by atoms with E-state index in [4.69, 9.17) is 5.73 Å². The van der Waals surface area contributed by atoms with Gasteiger partial charge in [0.05, 0.1) is 11.4 Å². The molecule has 0 aliphatic heterocycles. The van der Waals surface area contributed by atoms with E-state index in [2.05, 4.69) is 4.98 Å². The second-order valence-corrected chi connectivity index (χ2v) is 3.11. The van der Waals surface area contributed by atoms with Crippen molar-refractivity contribution in [1.29, 1.82) is 0 Å². The van der Waals surface area contributed by atoms with Gasteiger partial charge in [-0.05, 0) is 12.1 Å². The maximum Gasteiger partial charge on any atom is 0.247 e. The Bertz CT molecular complexity index is 255. The zero-order valence-electron chi connectivity index (χ0n) is 6.21. The molecule has 0 saturated carbocycles. The van der Waals surface area contributed by atoms with Crippen molar-refractivity contribution in [3.8, 4) is 0 Å². The summed E-state index contributed by atoms with van der Waals surface area (Å²) < 4.78 is 23.5. The van der Waals surface area contributed by atoms with E-state index < -0.39 is 6.43 Å². The zero-order valence-corrected chi connectivity index (χ0v) is 7.02. The Kier molecular flexibility index (Phi) is 3.28. The average molecular weight is 190 g/mol. The number of halogens is 2. The quantitative estimate of drug-likeness (QED) is 0.741. The first kappa shape index (κ1) is 9.25. The van der Waals surface area contributed by atoms with Gasteiger partial charge in [-0.1, -0.05) is 11.8 Å². The molecule has 0 saturated heterocycles. The van der Waals surface area contributed by atoms with Crippen molar-refractivity contribution in [3.63, 3.8) is 0 Å². The summed E-state index contributed by atoms with van der Waals surface area (Å²) in [7, 11) is 0. The van der Waals surface area contributed by atoms with Gasteiger partial charge >= 0.3 is 0 Å². The van der Waals surface area contributed by atoms with E-state index in [1.165, 1.54) is 6.20 Å². The molecular formula is C7H8F2N2S. The summed E-state index contributed by atoms with van der Waals surface area (Å²) in [6.45, 7) is 0. The lowest BCUT2D eigenvalue weighted by Crippen LogP contribution is -1.97. The summed E-state index contributed by atoms with van der Waals surface area (Å²) in [6.07, 6.45) is -0.791. The highest BCUT2D eigenvalue weighted by atomic mass is 32.2. The summed E-state index contributed by atoms with van der Waals surface area (Å²) in [5, 5.41) is 0.470. The molecule has 1 rings (SSSR count). The summed E-state index contributed by atoms with van der Waals surface area (Å²) in [5.74, 6) is -0.263. The molecule has 0 spiro atoms. The molecule has 0 aliphatic carbocycles. The van der Waals surface area contributed by atoms with Gasteiger partial charge in [-0.2, -0.15) is 0 Å². The maximum atomic E-state index is 11.8. The number of thioether (sulfide) groups is 1. The van der Waals surface area contributed by atoms with Gasteiger partial charge in [0, 0.05) is 6.20 Å². The Hall–Kier alpha value is -0.840. The fourth-order valence-corrected chi connectivity index (χ4v) is 1.32. The number of nitrogens with two attached hydrogens (primary N) is 1. The largest absolute Gasteiger partial charge is 0.397 e. The van der Waals surface area contributed by atoms with Crippen LogP contribution < -0.4 is 5.73 Å². The van der Waals surface area contributed by atoms with Gasteiger partial charge in [-0.3, -0.25) is 0 Å². The van der Waals surface area contributed by atoms with Gasteiger partial charge in [0.1, 0.15) is 5.03 Å². The van der Waals surface area contributed by atoms with Gasteiger partial charge in [0.2, 0.25) is 6.43 Å². The topological polar surface area (TPSA) is 38.9 Å². The minimum Gasteiger partial charge on any atom is -0.397 e. The third-order valence-electron chi connectivity index (χ3n) is 1.15. The Labute approximate surface area is 73.2 Å². The van der Waals surface area contributed by atoms with E-state index in [1.54, 1.807) is 12.1 Å². The number of aromatic nitrogens is 1. The summed E-state index contributed by atoms with van der Waals surface area (Å²) in [5.41, 5.74) is 5.93. The molecule has 1 aromatic rings. The fraction of sp³-hybridized carbons (Fsp3) is 0.286. The molecule has 1 heterocycles. The van der Waals surface area contributed by atoms with Gasteiger partial charge < -0.3 is 5.73 Å². The number of rotatable bonds is 3. The van der Waals surface area contributed by atoms with Crippen LogP contribution in [0, 0.1) is 0 Å². The predicted molar refractivity (Wildman–Crippen MR) is 45.4 cm³/mol. The molecule has 2 nitrogen and oxygen atoms in total. The zero-order chi connectivity index (χ0) is 8.97. The van der Waals surface area contributed by atoms with E-state index in [9.17, 15) is 8.78 Å². The molecule has 66 valence electrons. The van der Waals surface area contributed by atoms with E-state index in [-0.39, 0.29) is 5.75 Å². The lowest BCUT2D eigenvalue weighted by atomic mass is 10.4. The van der Waals surface area contributed by atoms with Gasteiger partial charge in [-0.25, -0.2) is 13.8 Å². The molecule has 0 unspecified atom stereocenters. The van der Waals surface area contributed by atoms with Crippen molar-refractivity contribution in [2.75, 3.05) is 11.5 Å². The smallest absolute Gasteiger partial charge is 0.247 e. The summed E-state index contributed by atoms with van der Waals surface area (Å²) in [4.78, 5) is 3.85. The van der Waals surface area contributed by atoms with Crippen LogP contribution in [-0.4, -0.2) is 17.2 Å². The first-order valence-corrected chi connectivity index (χ1v) is 4.30. The molecule has 0 radical (unpaired) electrons. The molecule has 0 fully saturated rings. The molecular weight excluding hydrogens is 182 g/mol. The van der Waals surface area contributed by atoms with Crippen LogP contribution in [0.3, 0.4) is 0 Å². The molecule has 2 N–H and O–H groups in total. The highest BCUT2D eigenvalue weighted by molar-refractivity contribution is 7.99. The molecule has 1 aromatic heterocycles. The second-order valence-electron chi connectivity index (χ2n) is 2.10. The Morgan fingerprint density at radius 2 is 2.33 bits per heavy atom. The number of anilines is 1. The van der Waals surface area contributed by atoms with E-state index in [1.807, 2.05) is 0 Å². The molecule has 0 bridgehead atoms. The number of nitrogens with zero attached hydrogens (tertiary/aromatic N) is 1. The highest BCUT2D eigenvalue weighted by Crippen LogP contribution is 2.22. The van der Waals surface area contributed by atoms with Gasteiger partial charge in [-0.15, -0.1) is 0 Å². The van der Waals surface area contributed by atoms with E-state index in [0.29, 0.717) is 10.7 Å². The maximum absolute atomic E-state index is 11.8. The van der Waals surface area contributed by atoms with Crippen molar-refractivity contribution in [2.45, 2.75) is 11.5 Å². The molecule has 0 atom stereocenters. The molecule has 0 amide bonds. The molecule has 0 aliphatic rings. The SMILES string of the molecule is Nc1cccnc1SCC(F)F. The first-order valence-electron chi connectivity index (χ1n) is 3.31. The monoisotopic (exact) mass is 190 g/mol.